The molecule has 0 spiro atoms. The van der Waals surface area contributed by atoms with Gasteiger partial charge < -0.3 is 5.11 Å². The van der Waals surface area contributed by atoms with Gasteiger partial charge in [-0.3, -0.25) is 0 Å². The van der Waals surface area contributed by atoms with Gasteiger partial charge in [0.1, 0.15) is 0 Å². The van der Waals surface area contributed by atoms with E-state index in [0.717, 1.165) is 25.0 Å². The molecule has 0 heterocycles. The average molecular weight is 295 g/mol. The summed E-state index contributed by atoms with van der Waals surface area (Å²) in [5, 5.41) is 9.79. The third-order valence-corrected chi connectivity index (χ3v) is 3.12. The molecule has 16 heavy (non-hydrogen) atoms. The summed E-state index contributed by atoms with van der Waals surface area (Å²) in [6.45, 7) is 0. The SMILES string of the molecule is OC(c1cc(Br)cc(C(F)(F)F)c1)C1CC1. The molecule has 5 heteroatoms. The van der Waals surface area contributed by atoms with Gasteiger partial charge in [-0.1, -0.05) is 15.9 Å². The van der Waals surface area contributed by atoms with E-state index in [2.05, 4.69) is 15.9 Å². The molecule has 0 aliphatic heterocycles. The van der Waals surface area contributed by atoms with Crippen LogP contribution < -0.4 is 0 Å². The van der Waals surface area contributed by atoms with Gasteiger partial charge in [-0.15, -0.1) is 0 Å². The molecule has 1 saturated carbocycles. The van der Waals surface area contributed by atoms with Crippen LogP contribution >= 0.6 is 15.9 Å². The summed E-state index contributed by atoms with van der Waals surface area (Å²) in [4.78, 5) is 0. The Morgan fingerprint density at radius 3 is 2.38 bits per heavy atom. The molecular formula is C11H10BrF3O. The first kappa shape index (κ1) is 11.9. The van der Waals surface area contributed by atoms with Crippen LogP contribution in [-0.4, -0.2) is 5.11 Å². The predicted molar refractivity (Wildman–Crippen MR) is 56.8 cm³/mol. The molecule has 0 radical (unpaired) electrons. The molecule has 1 aromatic rings. The van der Waals surface area contributed by atoms with Crippen molar-refractivity contribution in [2.45, 2.75) is 25.1 Å². The molecule has 0 saturated heterocycles. The Morgan fingerprint density at radius 1 is 1.25 bits per heavy atom. The van der Waals surface area contributed by atoms with Gasteiger partial charge in [-0.05, 0) is 42.5 Å². The molecule has 2 rings (SSSR count). The number of aliphatic hydroxyl groups is 1. The molecule has 1 aromatic carbocycles. The first-order valence-electron chi connectivity index (χ1n) is 4.93. The van der Waals surface area contributed by atoms with E-state index >= 15 is 0 Å². The van der Waals surface area contributed by atoms with Gasteiger partial charge in [0.2, 0.25) is 0 Å². The number of rotatable bonds is 2. The van der Waals surface area contributed by atoms with Crippen LogP contribution in [0.25, 0.3) is 0 Å². The topological polar surface area (TPSA) is 20.2 Å². The smallest absolute Gasteiger partial charge is 0.388 e. The van der Waals surface area contributed by atoms with Crippen molar-refractivity contribution in [3.05, 3.63) is 33.8 Å². The second-order valence-corrected chi connectivity index (χ2v) is 4.97. The molecule has 0 amide bonds. The van der Waals surface area contributed by atoms with Crippen LogP contribution in [-0.2, 0) is 6.18 Å². The number of aliphatic hydroxyl groups excluding tert-OH is 1. The predicted octanol–water partition coefficient (Wildman–Crippen LogP) is 3.91. The Labute approximate surface area is 99.4 Å². The van der Waals surface area contributed by atoms with Crippen LogP contribution in [0, 0.1) is 5.92 Å². The summed E-state index contributed by atoms with van der Waals surface area (Å²) in [7, 11) is 0. The maximum absolute atomic E-state index is 12.5. The van der Waals surface area contributed by atoms with Crippen LogP contribution in [0.5, 0.6) is 0 Å². The van der Waals surface area contributed by atoms with Gasteiger partial charge in [-0.25, -0.2) is 0 Å². The van der Waals surface area contributed by atoms with E-state index in [0.29, 0.717) is 10.0 Å². The van der Waals surface area contributed by atoms with Crippen molar-refractivity contribution in [1.82, 2.24) is 0 Å². The van der Waals surface area contributed by atoms with E-state index < -0.39 is 17.8 Å². The Hall–Kier alpha value is -0.550. The fraction of sp³-hybridized carbons (Fsp3) is 0.455. The lowest BCUT2D eigenvalue weighted by molar-refractivity contribution is -0.137. The second kappa shape index (κ2) is 4.04. The van der Waals surface area contributed by atoms with Gasteiger partial charge in [0, 0.05) is 4.47 Å². The minimum atomic E-state index is -4.37. The molecule has 1 N–H and O–H groups in total. The van der Waals surface area contributed by atoms with Gasteiger partial charge in [-0.2, -0.15) is 13.2 Å². The van der Waals surface area contributed by atoms with E-state index in [9.17, 15) is 18.3 Å². The number of benzene rings is 1. The summed E-state index contributed by atoms with van der Waals surface area (Å²) in [6.07, 6.45) is -3.38. The molecule has 1 atom stereocenters. The third kappa shape index (κ3) is 2.58. The summed E-state index contributed by atoms with van der Waals surface area (Å²) in [5.41, 5.74) is -0.388. The Bertz CT molecular complexity index is 399. The lowest BCUT2D eigenvalue weighted by Crippen LogP contribution is -2.08. The highest BCUT2D eigenvalue weighted by molar-refractivity contribution is 9.10. The highest BCUT2D eigenvalue weighted by Gasteiger charge is 2.34. The largest absolute Gasteiger partial charge is 0.416 e. The summed E-state index contributed by atoms with van der Waals surface area (Å²) in [6, 6.07) is 3.58. The zero-order valence-corrected chi connectivity index (χ0v) is 9.85. The molecule has 1 nitrogen and oxygen atoms in total. The summed E-state index contributed by atoms with van der Waals surface area (Å²) < 4.78 is 37.9. The fourth-order valence-corrected chi connectivity index (χ4v) is 2.14. The van der Waals surface area contributed by atoms with E-state index in [1.165, 1.54) is 6.07 Å². The Morgan fingerprint density at radius 2 is 1.88 bits per heavy atom. The molecule has 1 unspecified atom stereocenters. The Balaban J connectivity index is 2.35. The molecule has 0 aromatic heterocycles. The van der Waals surface area contributed by atoms with Gasteiger partial charge in [0.15, 0.2) is 0 Å². The van der Waals surface area contributed by atoms with Gasteiger partial charge in [0.05, 0.1) is 11.7 Å². The van der Waals surface area contributed by atoms with Crippen LogP contribution in [0.4, 0.5) is 13.2 Å². The third-order valence-electron chi connectivity index (χ3n) is 2.66. The molecule has 1 aliphatic rings. The van der Waals surface area contributed by atoms with Crippen molar-refractivity contribution in [2.24, 2.45) is 5.92 Å². The zero-order valence-electron chi connectivity index (χ0n) is 8.26. The maximum atomic E-state index is 12.5. The van der Waals surface area contributed by atoms with Gasteiger partial charge >= 0.3 is 6.18 Å². The van der Waals surface area contributed by atoms with Crippen LogP contribution in [0.1, 0.15) is 30.1 Å². The molecule has 0 bridgehead atoms. The monoisotopic (exact) mass is 294 g/mol. The van der Waals surface area contributed by atoms with Crippen LogP contribution in [0.2, 0.25) is 0 Å². The molecule has 1 aliphatic carbocycles. The highest BCUT2D eigenvalue weighted by atomic mass is 79.9. The zero-order chi connectivity index (χ0) is 11.9. The van der Waals surface area contributed by atoms with Crippen molar-refractivity contribution in [3.63, 3.8) is 0 Å². The van der Waals surface area contributed by atoms with Crippen LogP contribution in [0.15, 0.2) is 22.7 Å². The van der Waals surface area contributed by atoms with E-state index in [1.54, 1.807) is 0 Å². The van der Waals surface area contributed by atoms with Crippen molar-refractivity contribution in [1.29, 1.82) is 0 Å². The lowest BCUT2D eigenvalue weighted by Gasteiger charge is -2.14. The average Bonchev–Trinajstić information content (AvgIpc) is 2.97. The van der Waals surface area contributed by atoms with E-state index in [1.807, 2.05) is 0 Å². The minimum Gasteiger partial charge on any atom is -0.388 e. The van der Waals surface area contributed by atoms with Crippen molar-refractivity contribution in [2.75, 3.05) is 0 Å². The number of hydrogen-bond donors (Lipinski definition) is 1. The highest BCUT2D eigenvalue weighted by Crippen LogP contribution is 2.42. The second-order valence-electron chi connectivity index (χ2n) is 4.05. The standard InChI is InChI=1S/C11H10BrF3O/c12-9-4-7(10(16)6-1-2-6)3-8(5-9)11(13,14)15/h3-6,10,16H,1-2H2. The number of alkyl halides is 3. The van der Waals surface area contributed by atoms with E-state index in [4.69, 9.17) is 0 Å². The van der Waals surface area contributed by atoms with Crippen molar-refractivity contribution >= 4 is 15.9 Å². The summed E-state index contributed by atoms with van der Waals surface area (Å²) in [5.74, 6) is 0.121. The molecule has 1 fully saturated rings. The van der Waals surface area contributed by atoms with E-state index in [-0.39, 0.29) is 5.92 Å². The minimum absolute atomic E-state index is 0.121. The van der Waals surface area contributed by atoms with Gasteiger partial charge in [0.25, 0.3) is 0 Å². The quantitative estimate of drug-likeness (QED) is 0.877. The fourth-order valence-electron chi connectivity index (χ4n) is 1.63. The first-order valence-corrected chi connectivity index (χ1v) is 5.73. The Kier molecular flexibility index (Phi) is 3.01. The van der Waals surface area contributed by atoms with Crippen molar-refractivity contribution < 1.29 is 18.3 Å². The number of hydrogen-bond acceptors (Lipinski definition) is 1. The van der Waals surface area contributed by atoms with Crippen LogP contribution in [0.3, 0.4) is 0 Å². The maximum Gasteiger partial charge on any atom is 0.416 e. The molecular weight excluding hydrogens is 285 g/mol. The molecule has 88 valence electrons. The normalized spacial score (nSPS) is 18.6. The summed E-state index contributed by atoms with van der Waals surface area (Å²) >= 11 is 3.03. The lowest BCUT2D eigenvalue weighted by atomic mass is 10.0. The first-order chi connectivity index (χ1) is 7.38. The number of halogens is 4. The van der Waals surface area contributed by atoms with Crippen molar-refractivity contribution in [3.8, 4) is 0 Å².